The molecule has 20 heavy (non-hydrogen) atoms. The molecule has 0 bridgehead atoms. The fourth-order valence-corrected chi connectivity index (χ4v) is 2.97. The largest absolute Gasteiger partial charge is 0.480 e. The van der Waals surface area contributed by atoms with Gasteiger partial charge in [0.05, 0.1) is 31.4 Å². The third-order valence-corrected chi connectivity index (χ3v) is 3.74. The van der Waals surface area contributed by atoms with Crippen molar-refractivity contribution in [3.63, 3.8) is 0 Å². The van der Waals surface area contributed by atoms with Crippen molar-refractivity contribution < 1.29 is 24.5 Å². The van der Waals surface area contributed by atoms with Gasteiger partial charge in [0.1, 0.15) is 6.04 Å². The monoisotopic (exact) mass is 286 g/mol. The lowest BCUT2D eigenvalue weighted by Gasteiger charge is -2.43. The lowest BCUT2D eigenvalue weighted by Crippen LogP contribution is -2.59. The highest BCUT2D eigenvalue weighted by atomic mass is 16.5. The number of carbonyl (C=O) groups excluding carboxylic acids is 1. The molecule has 0 saturated carbocycles. The number of carbonyl (C=O) groups is 2. The van der Waals surface area contributed by atoms with Crippen LogP contribution >= 0.6 is 0 Å². The van der Waals surface area contributed by atoms with Gasteiger partial charge in [-0.2, -0.15) is 0 Å². The zero-order valence-corrected chi connectivity index (χ0v) is 11.9. The molecular formula is C13H22N2O5. The van der Waals surface area contributed by atoms with Crippen LogP contribution in [-0.4, -0.2) is 76.0 Å². The van der Waals surface area contributed by atoms with Gasteiger partial charge in [-0.15, -0.1) is 0 Å². The number of nitrogens with zero attached hydrogens (tertiary/aromatic N) is 2. The smallest absolute Gasteiger partial charge is 0.326 e. The summed E-state index contributed by atoms with van der Waals surface area (Å²) >= 11 is 0. The van der Waals surface area contributed by atoms with Gasteiger partial charge in [-0.1, -0.05) is 0 Å². The van der Waals surface area contributed by atoms with Crippen LogP contribution in [-0.2, 0) is 9.53 Å². The summed E-state index contributed by atoms with van der Waals surface area (Å²) in [6, 6.07) is -1.01. The minimum atomic E-state index is -0.956. The molecule has 0 aromatic heterocycles. The average molecular weight is 286 g/mol. The third kappa shape index (κ3) is 3.04. The minimum absolute atomic E-state index is 0.157. The summed E-state index contributed by atoms with van der Waals surface area (Å²) in [5, 5.41) is 18.4. The lowest BCUT2D eigenvalue weighted by molar-refractivity contribution is -0.145. The maximum atomic E-state index is 12.5. The van der Waals surface area contributed by atoms with E-state index in [1.165, 1.54) is 4.90 Å². The Kier molecular flexibility index (Phi) is 4.19. The van der Waals surface area contributed by atoms with Gasteiger partial charge in [0.2, 0.25) is 0 Å². The summed E-state index contributed by atoms with van der Waals surface area (Å²) in [4.78, 5) is 26.7. The standard InChI is InChI=1S/C13H22N2O5/c1-13(2)8-14(6-9(7-16)20-13)12(19)15-5-3-4-10(15)11(17)18/h9-10,16H,3-8H2,1-2H3,(H,17,18)/t9?,10-/m0/s1. The number of urea groups is 1. The molecule has 2 N–H and O–H groups in total. The number of ether oxygens (including phenoxy) is 1. The van der Waals surface area contributed by atoms with Crippen molar-refractivity contribution in [2.24, 2.45) is 0 Å². The fourth-order valence-electron chi connectivity index (χ4n) is 2.97. The average Bonchev–Trinajstić information content (AvgIpc) is 2.85. The predicted octanol–water partition coefficient (Wildman–Crippen LogP) is 0.127. The van der Waals surface area contributed by atoms with E-state index in [1.54, 1.807) is 4.90 Å². The number of rotatable bonds is 2. The maximum Gasteiger partial charge on any atom is 0.326 e. The Hall–Kier alpha value is -1.34. The first-order chi connectivity index (χ1) is 9.34. The van der Waals surface area contributed by atoms with Crippen LogP contribution in [0.5, 0.6) is 0 Å². The van der Waals surface area contributed by atoms with Crippen molar-refractivity contribution >= 4 is 12.0 Å². The molecule has 2 atom stereocenters. The van der Waals surface area contributed by atoms with Crippen LogP contribution in [0.2, 0.25) is 0 Å². The summed E-state index contributed by atoms with van der Waals surface area (Å²) in [5.41, 5.74) is -0.542. The van der Waals surface area contributed by atoms with Crippen molar-refractivity contribution in [2.45, 2.75) is 44.4 Å². The van der Waals surface area contributed by atoms with Crippen LogP contribution in [0.1, 0.15) is 26.7 Å². The van der Waals surface area contributed by atoms with Gasteiger partial charge in [0, 0.05) is 6.54 Å². The Labute approximate surface area is 118 Å². The summed E-state index contributed by atoms with van der Waals surface area (Å²) in [6.07, 6.45) is 0.784. The van der Waals surface area contributed by atoms with Gasteiger partial charge in [-0.05, 0) is 26.7 Å². The number of morpholine rings is 1. The van der Waals surface area contributed by atoms with Crippen LogP contribution in [0, 0.1) is 0 Å². The van der Waals surface area contributed by atoms with Gasteiger partial charge in [-0.25, -0.2) is 9.59 Å². The second-order valence-electron chi connectivity index (χ2n) is 6.03. The molecule has 7 nitrogen and oxygen atoms in total. The fraction of sp³-hybridized carbons (Fsp3) is 0.846. The first kappa shape index (κ1) is 15.1. The molecule has 2 aliphatic heterocycles. The van der Waals surface area contributed by atoms with Gasteiger partial charge >= 0.3 is 12.0 Å². The summed E-state index contributed by atoms with van der Waals surface area (Å²) in [6.45, 7) is 4.71. The zero-order valence-electron chi connectivity index (χ0n) is 11.9. The van der Waals surface area contributed by atoms with E-state index in [0.717, 1.165) is 0 Å². The van der Waals surface area contributed by atoms with Gasteiger partial charge in [0.25, 0.3) is 0 Å². The van der Waals surface area contributed by atoms with Gasteiger partial charge in [0.15, 0.2) is 0 Å². The van der Waals surface area contributed by atoms with E-state index in [2.05, 4.69) is 0 Å². The van der Waals surface area contributed by atoms with Crippen molar-refractivity contribution in [3.05, 3.63) is 0 Å². The lowest BCUT2D eigenvalue weighted by atomic mass is 10.1. The van der Waals surface area contributed by atoms with E-state index in [-0.39, 0.29) is 12.6 Å². The molecule has 0 aliphatic carbocycles. The normalized spacial score (nSPS) is 29.6. The molecule has 2 heterocycles. The molecule has 7 heteroatoms. The summed E-state index contributed by atoms with van der Waals surface area (Å²) < 4.78 is 5.66. The molecule has 0 aromatic carbocycles. The predicted molar refractivity (Wildman–Crippen MR) is 70.4 cm³/mol. The Morgan fingerprint density at radius 1 is 1.40 bits per heavy atom. The number of aliphatic hydroxyl groups is 1. The Morgan fingerprint density at radius 3 is 2.70 bits per heavy atom. The van der Waals surface area contributed by atoms with E-state index in [9.17, 15) is 14.7 Å². The second kappa shape index (κ2) is 5.57. The Morgan fingerprint density at radius 2 is 2.10 bits per heavy atom. The van der Waals surface area contributed by atoms with E-state index in [0.29, 0.717) is 32.5 Å². The number of carboxylic acids is 1. The number of likely N-dealkylation sites (tertiary alicyclic amines) is 1. The number of hydrogen-bond donors (Lipinski definition) is 2. The van der Waals surface area contributed by atoms with Crippen molar-refractivity contribution in [2.75, 3.05) is 26.2 Å². The molecular weight excluding hydrogens is 264 g/mol. The Bertz CT molecular complexity index is 398. The van der Waals surface area contributed by atoms with Gasteiger partial charge in [-0.3, -0.25) is 0 Å². The molecule has 2 fully saturated rings. The molecule has 2 aliphatic rings. The van der Waals surface area contributed by atoms with Crippen molar-refractivity contribution in [1.29, 1.82) is 0 Å². The zero-order chi connectivity index (χ0) is 14.9. The Balaban J connectivity index is 2.09. The molecule has 2 rings (SSSR count). The van der Waals surface area contributed by atoms with E-state index >= 15 is 0 Å². The second-order valence-corrected chi connectivity index (χ2v) is 6.03. The molecule has 2 amide bonds. The maximum absolute atomic E-state index is 12.5. The van der Waals surface area contributed by atoms with Crippen LogP contribution in [0.3, 0.4) is 0 Å². The highest BCUT2D eigenvalue weighted by Gasteiger charge is 2.41. The first-order valence-corrected chi connectivity index (χ1v) is 6.91. The highest BCUT2D eigenvalue weighted by Crippen LogP contribution is 2.25. The van der Waals surface area contributed by atoms with Crippen molar-refractivity contribution in [1.82, 2.24) is 9.80 Å². The quantitative estimate of drug-likeness (QED) is 0.753. The van der Waals surface area contributed by atoms with Crippen LogP contribution in [0.15, 0.2) is 0 Å². The first-order valence-electron chi connectivity index (χ1n) is 6.91. The summed E-state index contributed by atoms with van der Waals surface area (Å²) in [5.74, 6) is -0.956. The third-order valence-electron chi connectivity index (χ3n) is 3.74. The molecule has 0 radical (unpaired) electrons. The minimum Gasteiger partial charge on any atom is -0.480 e. The van der Waals surface area contributed by atoms with E-state index in [4.69, 9.17) is 9.84 Å². The van der Waals surface area contributed by atoms with Crippen molar-refractivity contribution in [3.8, 4) is 0 Å². The molecule has 0 aromatic rings. The van der Waals surface area contributed by atoms with Gasteiger partial charge < -0.3 is 24.7 Å². The number of aliphatic hydroxyl groups excluding tert-OH is 1. The number of amides is 2. The van der Waals surface area contributed by atoms with E-state index < -0.39 is 23.7 Å². The van der Waals surface area contributed by atoms with Crippen LogP contribution < -0.4 is 0 Å². The number of aliphatic carboxylic acids is 1. The topological polar surface area (TPSA) is 90.3 Å². The molecule has 2 saturated heterocycles. The summed E-state index contributed by atoms with van der Waals surface area (Å²) in [7, 11) is 0. The van der Waals surface area contributed by atoms with E-state index in [1.807, 2.05) is 13.8 Å². The number of hydrogen-bond acceptors (Lipinski definition) is 4. The van der Waals surface area contributed by atoms with Crippen LogP contribution in [0.25, 0.3) is 0 Å². The molecule has 0 spiro atoms. The molecule has 1 unspecified atom stereocenters. The van der Waals surface area contributed by atoms with Crippen LogP contribution in [0.4, 0.5) is 4.79 Å². The number of carboxylic acid groups (broad SMARTS) is 1. The molecule has 114 valence electrons. The SMILES string of the molecule is CC1(C)CN(C(=O)N2CCC[C@H]2C(=O)O)CC(CO)O1. The highest BCUT2D eigenvalue weighted by molar-refractivity contribution is 5.83.